The predicted octanol–water partition coefficient (Wildman–Crippen LogP) is 1.95. The number of halogens is 1. The lowest BCUT2D eigenvalue weighted by atomic mass is 10.3. The molecule has 2 N–H and O–H groups in total. The Labute approximate surface area is 114 Å². The van der Waals surface area contributed by atoms with Gasteiger partial charge < -0.3 is 10.3 Å². The van der Waals surface area contributed by atoms with Crippen LogP contribution in [0.1, 0.15) is 6.42 Å². The van der Waals surface area contributed by atoms with E-state index in [0.717, 1.165) is 30.5 Å². The lowest BCUT2D eigenvalue weighted by Crippen LogP contribution is -2.07. The van der Waals surface area contributed by atoms with E-state index in [1.165, 1.54) is 0 Å². The molecule has 7 heteroatoms. The van der Waals surface area contributed by atoms with Crippen LogP contribution < -0.4 is 5.73 Å². The topological polar surface area (TPSA) is 74.5 Å². The molecule has 0 bridgehead atoms. The molecule has 2 heterocycles. The molecule has 0 fully saturated rings. The van der Waals surface area contributed by atoms with Crippen molar-refractivity contribution in [3.8, 4) is 0 Å². The summed E-state index contributed by atoms with van der Waals surface area (Å²) in [5.41, 5.74) is 7.76. The first-order valence-electron chi connectivity index (χ1n) is 5.99. The van der Waals surface area contributed by atoms with E-state index in [9.17, 15) is 0 Å². The largest absolute Gasteiger partial charge is 0.369 e. The van der Waals surface area contributed by atoms with Gasteiger partial charge in [0.2, 0.25) is 5.95 Å². The second-order valence-corrected chi connectivity index (χ2v) is 4.71. The zero-order valence-electron chi connectivity index (χ0n) is 10.2. The number of nitrogens with two attached hydrogens (primary N) is 1. The predicted molar refractivity (Wildman–Crippen MR) is 73.8 cm³/mol. The number of hydrogen-bond donors (Lipinski definition) is 1. The van der Waals surface area contributed by atoms with Crippen molar-refractivity contribution in [1.82, 2.24) is 24.5 Å². The van der Waals surface area contributed by atoms with Gasteiger partial charge in [-0.05, 0) is 24.6 Å². The van der Waals surface area contributed by atoms with Gasteiger partial charge in [0.15, 0.2) is 0 Å². The fourth-order valence-electron chi connectivity index (χ4n) is 2.10. The molecule has 0 amide bonds. The Balaban J connectivity index is 1.78. The number of rotatable bonds is 4. The molecule has 0 atom stereocenters. The molecule has 3 aromatic rings. The second-order valence-electron chi connectivity index (χ2n) is 4.27. The molecule has 1 aromatic carbocycles. The minimum atomic E-state index is 0.510. The molecular formula is C12H13ClN6. The number of fused-ring (bicyclic) bond motifs is 1. The van der Waals surface area contributed by atoms with Gasteiger partial charge in [-0.15, -0.1) is 5.10 Å². The summed E-state index contributed by atoms with van der Waals surface area (Å²) >= 11 is 5.94. The van der Waals surface area contributed by atoms with E-state index in [1.54, 1.807) is 10.9 Å². The fraction of sp³-hybridized carbons (Fsp3) is 0.250. The highest BCUT2D eigenvalue weighted by atomic mass is 35.5. The molecule has 0 saturated carbocycles. The van der Waals surface area contributed by atoms with Crippen LogP contribution in [0, 0.1) is 0 Å². The van der Waals surface area contributed by atoms with E-state index < -0.39 is 0 Å². The van der Waals surface area contributed by atoms with Gasteiger partial charge in [0, 0.05) is 24.3 Å². The molecule has 3 rings (SSSR count). The van der Waals surface area contributed by atoms with Crippen molar-refractivity contribution in [3.05, 3.63) is 35.6 Å². The van der Waals surface area contributed by atoms with E-state index in [1.807, 2.05) is 29.0 Å². The molecule has 0 aliphatic rings. The van der Waals surface area contributed by atoms with Crippen LogP contribution in [0.15, 0.2) is 30.6 Å². The number of hydrogen-bond acceptors (Lipinski definition) is 4. The molecule has 0 spiro atoms. The molecule has 0 aliphatic carbocycles. The van der Waals surface area contributed by atoms with E-state index in [0.29, 0.717) is 11.0 Å². The normalized spacial score (nSPS) is 11.2. The van der Waals surface area contributed by atoms with Crippen molar-refractivity contribution in [2.24, 2.45) is 0 Å². The molecule has 0 saturated heterocycles. The minimum absolute atomic E-state index is 0.510. The third-order valence-electron chi connectivity index (χ3n) is 2.98. The third-order valence-corrected chi connectivity index (χ3v) is 3.22. The monoisotopic (exact) mass is 276 g/mol. The second kappa shape index (κ2) is 4.89. The van der Waals surface area contributed by atoms with Gasteiger partial charge in [0.05, 0.1) is 17.2 Å². The van der Waals surface area contributed by atoms with Crippen molar-refractivity contribution in [2.75, 3.05) is 5.73 Å². The van der Waals surface area contributed by atoms with Crippen LogP contribution in [-0.2, 0) is 13.1 Å². The number of imidazole rings is 1. The molecule has 98 valence electrons. The summed E-state index contributed by atoms with van der Waals surface area (Å²) < 4.78 is 3.79. The molecule has 0 aliphatic heterocycles. The number of nitrogen functional groups attached to an aromatic ring is 1. The summed E-state index contributed by atoms with van der Waals surface area (Å²) in [6.45, 7) is 1.58. The smallest absolute Gasteiger partial charge is 0.201 e. The SMILES string of the molecule is Nc1nc2cc(Cl)ccc2n1CCCn1ccnn1. The quantitative estimate of drug-likeness (QED) is 0.790. The van der Waals surface area contributed by atoms with Crippen LogP contribution >= 0.6 is 11.6 Å². The highest BCUT2D eigenvalue weighted by molar-refractivity contribution is 6.31. The Hall–Kier alpha value is -2.08. The first-order chi connectivity index (χ1) is 9.24. The highest BCUT2D eigenvalue weighted by Gasteiger charge is 2.08. The Morgan fingerprint density at radius 1 is 1.26 bits per heavy atom. The average molecular weight is 277 g/mol. The van der Waals surface area contributed by atoms with Crippen molar-refractivity contribution in [3.63, 3.8) is 0 Å². The van der Waals surface area contributed by atoms with Crippen molar-refractivity contribution >= 4 is 28.6 Å². The zero-order chi connectivity index (χ0) is 13.2. The lowest BCUT2D eigenvalue weighted by Gasteiger charge is -2.06. The number of nitrogens with zero attached hydrogens (tertiary/aromatic N) is 5. The fourth-order valence-corrected chi connectivity index (χ4v) is 2.27. The van der Waals surface area contributed by atoms with E-state index in [-0.39, 0.29) is 0 Å². The summed E-state index contributed by atoms with van der Waals surface area (Å²) in [4.78, 5) is 4.31. The highest BCUT2D eigenvalue weighted by Crippen LogP contribution is 2.21. The zero-order valence-corrected chi connectivity index (χ0v) is 11.0. The minimum Gasteiger partial charge on any atom is -0.369 e. The molecule has 6 nitrogen and oxygen atoms in total. The Bertz CT molecular complexity index is 688. The van der Waals surface area contributed by atoms with Crippen molar-refractivity contribution in [1.29, 1.82) is 0 Å². The van der Waals surface area contributed by atoms with Crippen molar-refractivity contribution < 1.29 is 0 Å². The number of aromatic nitrogens is 5. The Morgan fingerprint density at radius 3 is 2.95 bits per heavy atom. The number of anilines is 1. The van der Waals surface area contributed by atoms with Gasteiger partial charge in [-0.1, -0.05) is 16.8 Å². The molecule has 19 heavy (non-hydrogen) atoms. The van der Waals surface area contributed by atoms with Crippen LogP contribution in [-0.4, -0.2) is 24.5 Å². The van der Waals surface area contributed by atoms with Crippen LogP contribution in [0.3, 0.4) is 0 Å². The summed E-state index contributed by atoms with van der Waals surface area (Å²) in [6, 6.07) is 5.61. The van der Waals surface area contributed by atoms with Gasteiger partial charge in [-0.3, -0.25) is 4.68 Å². The van der Waals surface area contributed by atoms with Gasteiger partial charge in [0.1, 0.15) is 0 Å². The summed E-state index contributed by atoms with van der Waals surface area (Å²) in [5, 5.41) is 8.36. The molecule has 2 aromatic heterocycles. The molecular weight excluding hydrogens is 264 g/mol. The van der Waals surface area contributed by atoms with Gasteiger partial charge in [-0.2, -0.15) is 0 Å². The van der Waals surface area contributed by atoms with Crippen LogP contribution in [0.5, 0.6) is 0 Å². The van der Waals surface area contributed by atoms with Gasteiger partial charge >= 0.3 is 0 Å². The average Bonchev–Trinajstić information content (AvgIpc) is 2.98. The molecule has 0 unspecified atom stereocenters. The Kier molecular flexibility index (Phi) is 3.08. The van der Waals surface area contributed by atoms with Gasteiger partial charge in [0.25, 0.3) is 0 Å². The summed E-state index contributed by atoms with van der Waals surface area (Å²) in [6.07, 6.45) is 4.42. The van der Waals surface area contributed by atoms with Crippen LogP contribution in [0.2, 0.25) is 5.02 Å². The third kappa shape index (κ3) is 2.39. The van der Waals surface area contributed by atoms with Gasteiger partial charge in [-0.25, -0.2) is 4.98 Å². The van der Waals surface area contributed by atoms with E-state index in [2.05, 4.69) is 15.3 Å². The van der Waals surface area contributed by atoms with Crippen LogP contribution in [0.25, 0.3) is 11.0 Å². The van der Waals surface area contributed by atoms with Crippen LogP contribution in [0.4, 0.5) is 5.95 Å². The Morgan fingerprint density at radius 2 is 2.16 bits per heavy atom. The summed E-state index contributed by atoms with van der Waals surface area (Å²) in [7, 11) is 0. The first-order valence-corrected chi connectivity index (χ1v) is 6.37. The lowest BCUT2D eigenvalue weighted by molar-refractivity contribution is 0.521. The molecule has 0 radical (unpaired) electrons. The number of benzene rings is 1. The maximum absolute atomic E-state index is 5.94. The maximum atomic E-state index is 5.94. The van der Waals surface area contributed by atoms with E-state index in [4.69, 9.17) is 17.3 Å². The van der Waals surface area contributed by atoms with Crippen molar-refractivity contribution in [2.45, 2.75) is 19.5 Å². The number of aryl methyl sites for hydroxylation is 2. The maximum Gasteiger partial charge on any atom is 0.201 e. The standard InChI is InChI=1S/C12H13ClN6/c13-9-2-3-11-10(8-9)16-12(14)19(11)6-1-5-18-7-4-15-17-18/h2-4,7-8H,1,5-6H2,(H2,14,16). The van der Waals surface area contributed by atoms with E-state index >= 15 is 0 Å². The first kappa shape index (κ1) is 12.0. The summed E-state index contributed by atoms with van der Waals surface area (Å²) in [5.74, 6) is 0.510.